The van der Waals surface area contributed by atoms with Gasteiger partial charge >= 0.3 is 6.18 Å². The lowest BCUT2D eigenvalue weighted by atomic mass is 10.2. The molecule has 0 aliphatic carbocycles. The molecular formula is C17H17F3N4OS2. The normalized spacial score (nSPS) is 11.9. The first-order valence-corrected chi connectivity index (χ1v) is 10.1. The molecule has 10 heteroatoms. The van der Waals surface area contributed by atoms with Crippen molar-refractivity contribution < 1.29 is 18.0 Å². The lowest BCUT2D eigenvalue weighted by Gasteiger charge is -2.09. The molecule has 0 aliphatic rings. The summed E-state index contributed by atoms with van der Waals surface area (Å²) < 4.78 is 40.8. The van der Waals surface area contributed by atoms with Crippen molar-refractivity contribution in [3.05, 3.63) is 35.3 Å². The van der Waals surface area contributed by atoms with E-state index in [-0.39, 0.29) is 17.2 Å². The van der Waals surface area contributed by atoms with Crippen LogP contribution in [0.25, 0.3) is 11.0 Å². The fourth-order valence-electron chi connectivity index (χ4n) is 2.50. The monoisotopic (exact) mass is 414 g/mol. The first kappa shape index (κ1) is 19.7. The number of aryl methyl sites for hydroxylation is 1. The van der Waals surface area contributed by atoms with E-state index in [0.717, 1.165) is 25.0 Å². The summed E-state index contributed by atoms with van der Waals surface area (Å²) in [5.41, 5.74) is 0.191. The van der Waals surface area contributed by atoms with E-state index in [1.165, 1.54) is 29.2 Å². The van der Waals surface area contributed by atoms with Crippen molar-refractivity contribution >= 4 is 45.2 Å². The molecular weight excluding hydrogens is 397 g/mol. The standard InChI is InChI=1S/C17H17F3N4OS2/c1-2-3-7-24-13-5-4-11(17(18,19)20)9-12(13)22-16(24)27-10-14(25)23-15-21-6-8-26-15/h4-6,8-9H,2-3,7,10H2,1H3,(H,21,23,25). The molecule has 0 unspecified atom stereocenters. The third kappa shape index (κ3) is 4.81. The highest BCUT2D eigenvalue weighted by Gasteiger charge is 2.31. The van der Waals surface area contributed by atoms with Crippen LogP contribution in [0.15, 0.2) is 34.9 Å². The van der Waals surface area contributed by atoms with Crippen LogP contribution in [0.2, 0.25) is 0 Å². The molecule has 0 bridgehead atoms. The van der Waals surface area contributed by atoms with Gasteiger partial charge in [0.1, 0.15) is 0 Å². The average Bonchev–Trinajstić information content (AvgIpc) is 3.24. The Morgan fingerprint density at radius 2 is 2.19 bits per heavy atom. The Hall–Kier alpha value is -2.07. The van der Waals surface area contributed by atoms with Crippen molar-refractivity contribution in [3.63, 3.8) is 0 Å². The van der Waals surface area contributed by atoms with Crippen molar-refractivity contribution in [2.24, 2.45) is 0 Å². The number of carbonyl (C=O) groups is 1. The molecule has 3 aromatic rings. The van der Waals surface area contributed by atoms with Gasteiger partial charge in [-0.05, 0) is 24.6 Å². The van der Waals surface area contributed by atoms with Gasteiger partial charge in [0.25, 0.3) is 0 Å². The molecule has 0 saturated carbocycles. The molecule has 1 N–H and O–H groups in total. The van der Waals surface area contributed by atoms with Gasteiger partial charge in [-0.25, -0.2) is 9.97 Å². The maximum absolute atomic E-state index is 13.0. The molecule has 2 heterocycles. The number of nitrogens with one attached hydrogen (secondary N) is 1. The number of hydrogen-bond donors (Lipinski definition) is 1. The van der Waals surface area contributed by atoms with Gasteiger partial charge < -0.3 is 9.88 Å². The van der Waals surface area contributed by atoms with Crippen LogP contribution >= 0.6 is 23.1 Å². The van der Waals surface area contributed by atoms with Crippen molar-refractivity contribution in [2.45, 2.75) is 37.6 Å². The van der Waals surface area contributed by atoms with Gasteiger partial charge in [-0.15, -0.1) is 11.3 Å². The maximum Gasteiger partial charge on any atom is 0.416 e. The lowest BCUT2D eigenvalue weighted by molar-refractivity contribution is -0.137. The molecule has 2 aromatic heterocycles. The Kier molecular flexibility index (Phi) is 6.05. The first-order valence-electron chi connectivity index (χ1n) is 8.28. The van der Waals surface area contributed by atoms with Crippen LogP contribution < -0.4 is 5.32 Å². The molecule has 27 heavy (non-hydrogen) atoms. The Bertz CT molecular complexity index is 922. The predicted molar refractivity (Wildman–Crippen MR) is 101 cm³/mol. The number of rotatable bonds is 7. The van der Waals surface area contributed by atoms with Crippen LogP contribution in [-0.2, 0) is 17.5 Å². The summed E-state index contributed by atoms with van der Waals surface area (Å²) in [5.74, 6) is -0.138. The predicted octanol–water partition coefficient (Wildman–Crippen LogP) is 5.04. The van der Waals surface area contributed by atoms with E-state index in [4.69, 9.17) is 0 Å². The number of thiazole rings is 1. The van der Waals surface area contributed by atoms with Gasteiger partial charge in [-0.3, -0.25) is 4.79 Å². The number of benzene rings is 1. The van der Waals surface area contributed by atoms with Gasteiger partial charge in [-0.1, -0.05) is 25.1 Å². The van der Waals surface area contributed by atoms with E-state index < -0.39 is 11.7 Å². The van der Waals surface area contributed by atoms with Gasteiger partial charge in [0.15, 0.2) is 10.3 Å². The summed E-state index contributed by atoms with van der Waals surface area (Å²) in [6, 6.07) is 3.56. The summed E-state index contributed by atoms with van der Waals surface area (Å²) in [5, 5.41) is 5.48. The van der Waals surface area contributed by atoms with Gasteiger partial charge in [0, 0.05) is 18.1 Å². The molecule has 3 rings (SSSR count). The third-order valence-corrected chi connectivity index (χ3v) is 5.45. The largest absolute Gasteiger partial charge is 0.416 e. The molecule has 144 valence electrons. The van der Waals surface area contributed by atoms with Crippen LogP contribution in [0.4, 0.5) is 18.3 Å². The molecule has 0 radical (unpaired) electrons. The quantitative estimate of drug-likeness (QED) is 0.550. The number of hydrogen-bond acceptors (Lipinski definition) is 5. The number of amides is 1. The van der Waals surface area contributed by atoms with Gasteiger partial charge in [-0.2, -0.15) is 13.2 Å². The minimum absolute atomic E-state index is 0.0984. The number of thioether (sulfide) groups is 1. The Morgan fingerprint density at radius 1 is 1.37 bits per heavy atom. The summed E-state index contributed by atoms with van der Waals surface area (Å²) >= 11 is 2.52. The minimum Gasteiger partial charge on any atom is -0.319 e. The molecule has 0 spiro atoms. The van der Waals surface area contributed by atoms with Gasteiger partial charge in [0.05, 0.1) is 22.3 Å². The number of imidazole rings is 1. The van der Waals surface area contributed by atoms with Crippen LogP contribution in [-0.4, -0.2) is 26.2 Å². The van der Waals surface area contributed by atoms with Gasteiger partial charge in [0.2, 0.25) is 5.91 Å². The molecule has 0 atom stereocenters. The number of carbonyl (C=O) groups excluding carboxylic acids is 1. The second-order valence-corrected chi connectivity index (χ2v) is 7.61. The van der Waals surface area contributed by atoms with Crippen molar-refractivity contribution in [2.75, 3.05) is 11.1 Å². The number of halogens is 3. The zero-order valence-electron chi connectivity index (χ0n) is 14.4. The smallest absolute Gasteiger partial charge is 0.319 e. The highest BCUT2D eigenvalue weighted by Crippen LogP contribution is 2.33. The van der Waals surface area contributed by atoms with E-state index in [0.29, 0.717) is 22.3 Å². The number of nitrogens with zero attached hydrogens (tertiary/aromatic N) is 3. The number of unbranched alkanes of at least 4 members (excludes halogenated alkanes) is 1. The fraction of sp³-hybridized carbons (Fsp3) is 0.353. The van der Waals surface area contributed by atoms with Crippen LogP contribution in [0, 0.1) is 0 Å². The number of aromatic nitrogens is 3. The van der Waals surface area contributed by atoms with E-state index in [1.807, 2.05) is 11.5 Å². The Labute approximate surface area is 162 Å². The first-order chi connectivity index (χ1) is 12.9. The minimum atomic E-state index is -4.41. The second kappa shape index (κ2) is 8.30. The number of fused-ring (bicyclic) bond motifs is 1. The summed E-state index contributed by atoms with van der Waals surface area (Å²) in [6.07, 6.45) is -1.02. The van der Waals surface area contributed by atoms with Crippen LogP contribution in [0.5, 0.6) is 0 Å². The van der Waals surface area contributed by atoms with Crippen molar-refractivity contribution in [1.29, 1.82) is 0 Å². The molecule has 1 aromatic carbocycles. The van der Waals surface area contributed by atoms with Crippen molar-refractivity contribution in [3.8, 4) is 0 Å². The van der Waals surface area contributed by atoms with Crippen LogP contribution in [0.3, 0.4) is 0 Å². The zero-order valence-corrected chi connectivity index (χ0v) is 16.0. The molecule has 0 saturated heterocycles. The number of alkyl halides is 3. The molecule has 1 amide bonds. The topological polar surface area (TPSA) is 59.8 Å². The number of anilines is 1. The van der Waals surface area contributed by atoms with E-state index in [2.05, 4.69) is 15.3 Å². The Morgan fingerprint density at radius 3 is 2.85 bits per heavy atom. The third-order valence-electron chi connectivity index (χ3n) is 3.79. The summed E-state index contributed by atoms with van der Waals surface area (Å²) in [7, 11) is 0. The fourth-order valence-corrected chi connectivity index (χ4v) is 3.88. The lowest BCUT2D eigenvalue weighted by Crippen LogP contribution is -2.14. The van der Waals surface area contributed by atoms with E-state index in [1.54, 1.807) is 11.6 Å². The van der Waals surface area contributed by atoms with E-state index in [9.17, 15) is 18.0 Å². The average molecular weight is 414 g/mol. The molecule has 0 aliphatic heterocycles. The highest BCUT2D eigenvalue weighted by molar-refractivity contribution is 7.99. The highest BCUT2D eigenvalue weighted by atomic mass is 32.2. The maximum atomic E-state index is 13.0. The van der Waals surface area contributed by atoms with E-state index >= 15 is 0 Å². The molecule has 0 fully saturated rings. The zero-order chi connectivity index (χ0) is 19.4. The summed E-state index contributed by atoms with van der Waals surface area (Å²) in [6.45, 7) is 2.67. The Balaban J connectivity index is 1.82. The van der Waals surface area contributed by atoms with Crippen molar-refractivity contribution in [1.82, 2.24) is 14.5 Å². The summed E-state index contributed by atoms with van der Waals surface area (Å²) in [4.78, 5) is 20.4. The SMILES string of the molecule is CCCCn1c(SCC(=O)Nc2nccs2)nc2cc(C(F)(F)F)ccc21. The van der Waals surface area contributed by atoms with Crippen LogP contribution in [0.1, 0.15) is 25.3 Å². The second-order valence-electron chi connectivity index (χ2n) is 5.77. The molecule has 5 nitrogen and oxygen atoms in total.